The van der Waals surface area contributed by atoms with E-state index in [2.05, 4.69) is 10.2 Å². The molecule has 0 aromatic heterocycles. The van der Waals surface area contributed by atoms with Crippen LogP contribution < -0.4 is 5.32 Å². The van der Waals surface area contributed by atoms with Crippen LogP contribution in [0.15, 0.2) is 0 Å². The lowest BCUT2D eigenvalue weighted by atomic mass is 9.95. The van der Waals surface area contributed by atoms with Crippen LogP contribution in [0.25, 0.3) is 0 Å². The molecule has 0 aromatic rings. The first kappa shape index (κ1) is 12.2. The smallest absolute Gasteiger partial charge is 0.226 e. The molecule has 2 fully saturated rings. The first-order chi connectivity index (χ1) is 7.81. The summed E-state index contributed by atoms with van der Waals surface area (Å²) in [5.74, 6) is 3.74. The number of hydrogen-bond donors (Lipinski definition) is 1. The van der Waals surface area contributed by atoms with E-state index in [1.165, 1.54) is 18.6 Å². The highest BCUT2D eigenvalue weighted by Crippen LogP contribution is 2.27. The fraction of sp³-hybridized carbons (Fsp3) is 0.917. The van der Waals surface area contributed by atoms with E-state index in [0.717, 1.165) is 37.7 Å². The number of nitrogens with zero attached hydrogens (tertiary/aromatic N) is 1. The molecule has 4 heteroatoms. The van der Waals surface area contributed by atoms with Gasteiger partial charge in [0.15, 0.2) is 0 Å². The van der Waals surface area contributed by atoms with Crippen LogP contribution in [0.2, 0.25) is 0 Å². The maximum atomic E-state index is 12.2. The van der Waals surface area contributed by atoms with Gasteiger partial charge in [-0.25, -0.2) is 0 Å². The summed E-state index contributed by atoms with van der Waals surface area (Å²) in [5.41, 5.74) is 0. The van der Waals surface area contributed by atoms with Crippen molar-refractivity contribution in [3.63, 3.8) is 0 Å². The van der Waals surface area contributed by atoms with Gasteiger partial charge in [0, 0.05) is 24.8 Å². The Labute approximate surface area is 102 Å². The number of amides is 1. The van der Waals surface area contributed by atoms with Crippen LogP contribution in [-0.2, 0) is 4.79 Å². The maximum Gasteiger partial charge on any atom is 0.226 e. The summed E-state index contributed by atoms with van der Waals surface area (Å²) < 4.78 is 0. The molecular weight excluding hydrogens is 220 g/mol. The van der Waals surface area contributed by atoms with E-state index in [4.69, 9.17) is 0 Å². The van der Waals surface area contributed by atoms with Crippen molar-refractivity contribution in [3.05, 3.63) is 0 Å². The number of thioether (sulfide) groups is 1. The molecular formula is C12H22N2OS. The van der Waals surface area contributed by atoms with Crippen LogP contribution in [0.5, 0.6) is 0 Å². The third-order valence-electron chi connectivity index (χ3n) is 3.70. The Morgan fingerprint density at radius 1 is 1.38 bits per heavy atom. The zero-order valence-corrected chi connectivity index (χ0v) is 10.9. The number of carbonyl (C=O) groups excluding carboxylic acids is 1. The number of nitrogens with one attached hydrogen (secondary N) is 1. The Balaban J connectivity index is 1.77. The van der Waals surface area contributed by atoms with E-state index in [1.807, 2.05) is 18.8 Å². The standard InChI is InChI=1S/C12H22N2OS/c1-13-8-10-2-5-14(6-3-10)12(15)11-4-7-16-9-11/h10-11,13H,2-9H2,1H3. The molecule has 16 heavy (non-hydrogen) atoms. The molecule has 2 rings (SSSR count). The number of rotatable bonds is 3. The van der Waals surface area contributed by atoms with Crippen molar-refractivity contribution in [3.8, 4) is 0 Å². The summed E-state index contributed by atoms with van der Waals surface area (Å²) in [4.78, 5) is 14.3. The van der Waals surface area contributed by atoms with Gasteiger partial charge in [0.2, 0.25) is 5.91 Å². The molecule has 3 nitrogen and oxygen atoms in total. The second-order valence-electron chi connectivity index (χ2n) is 4.89. The highest BCUT2D eigenvalue weighted by Gasteiger charge is 2.29. The van der Waals surface area contributed by atoms with Crippen LogP contribution in [0.1, 0.15) is 19.3 Å². The molecule has 0 spiro atoms. The molecule has 0 saturated carbocycles. The quantitative estimate of drug-likeness (QED) is 0.807. The van der Waals surface area contributed by atoms with Gasteiger partial charge in [-0.15, -0.1) is 0 Å². The first-order valence-corrected chi connectivity index (χ1v) is 7.48. The van der Waals surface area contributed by atoms with Crippen LogP contribution in [0.4, 0.5) is 0 Å². The van der Waals surface area contributed by atoms with Gasteiger partial charge < -0.3 is 10.2 Å². The molecule has 0 aromatic carbocycles. The Kier molecular flexibility index (Phi) is 4.53. The zero-order valence-electron chi connectivity index (χ0n) is 10.1. The molecule has 0 bridgehead atoms. The Bertz CT molecular complexity index is 233. The van der Waals surface area contributed by atoms with Gasteiger partial charge in [-0.3, -0.25) is 4.79 Å². The molecule has 1 atom stereocenters. The van der Waals surface area contributed by atoms with E-state index in [9.17, 15) is 4.79 Å². The molecule has 1 amide bonds. The molecule has 92 valence electrons. The van der Waals surface area contributed by atoms with Crippen molar-refractivity contribution in [2.75, 3.05) is 38.2 Å². The predicted molar refractivity (Wildman–Crippen MR) is 68.7 cm³/mol. The largest absolute Gasteiger partial charge is 0.342 e. The third kappa shape index (κ3) is 2.92. The maximum absolute atomic E-state index is 12.2. The molecule has 2 aliphatic heterocycles. The van der Waals surface area contributed by atoms with E-state index in [-0.39, 0.29) is 0 Å². The van der Waals surface area contributed by atoms with Crippen LogP contribution in [-0.4, -0.2) is 49.0 Å². The lowest BCUT2D eigenvalue weighted by molar-refractivity contribution is -0.136. The van der Waals surface area contributed by atoms with E-state index in [1.54, 1.807) is 0 Å². The van der Waals surface area contributed by atoms with Gasteiger partial charge in [-0.2, -0.15) is 11.8 Å². The lowest BCUT2D eigenvalue weighted by Gasteiger charge is -2.33. The molecule has 0 radical (unpaired) electrons. The van der Waals surface area contributed by atoms with Crippen LogP contribution >= 0.6 is 11.8 Å². The first-order valence-electron chi connectivity index (χ1n) is 6.32. The Morgan fingerprint density at radius 2 is 2.12 bits per heavy atom. The minimum atomic E-state index is 0.325. The van der Waals surface area contributed by atoms with Crippen molar-refractivity contribution >= 4 is 17.7 Å². The SMILES string of the molecule is CNCC1CCN(C(=O)C2CCSC2)CC1. The summed E-state index contributed by atoms with van der Waals surface area (Å²) in [6, 6.07) is 0. The van der Waals surface area contributed by atoms with Crippen molar-refractivity contribution in [2.24, 2.45) is 11.8 Å². The van der Waals surface area contributed by atoms with Crippen LogP contribution in [0, 0.1) is 11.8 Å². The van der Waals surface area contributed by atoms with Gasteiger partial charge >= 0.3 is 0 Å². The van der Waals surface area contributed by atoms with Crippen molar-refractivity contribution < 1.29 is 4.79 Å². The van der Waals surface area contributed by atoms with E-state index < -0.39 is 0 Å². The molecule has 2 saturated heterocycles. The average Bonchev–Trinajstić information content (AvgIpc) is 2.83. The topological polar surface area (TPSA) is 32.3 Å². The summed E-state index contributed by atoms with van der Waals surface area (Å²) in [5, 5.41) is 3.23. The molecule has 1 unspecified atom stereocenters. The van der Waals surface area contributed by atoms with Crippen molar-refractivity contribution in [2.45, 2.75) is 19.3 Å². The van der Waals surface area contributed by atoms with E-state index in [0.29, 0.717) is 11.8 Å². The highest BCUT2D eigenvalue weighted by molar-refractivity contribution is 7.99. The fourth-order valence-electron chi connectivity index (χ4n) is 2.63. The summed E-state index contributed by atoms with van der Waals surface area (Å²) in [6.45, 7) is 3.06. The fourth-order valence-corrected chi connectivity index (χ4v) is 3.85. The normalized spacial score (nSPS) is 27.3. The predicted octanol–water partition coefficient (Wildman–Crippen LogP) is 1.20. The number of piperidine rings is 1. The summed E-state index contributed by atoms with van der Waals surface area (Å²) in [6.07, 6.45) is 3.44. The Hall–Kier alpha value is -0.220. The average molecular weight is 242 g/mol. The monoisotopic (exact) mass is 242 g/mol. The summed E-state index contributed by atoms with van der Waals surface area (Å²) in [7, 11) is 2.01. The number of carbonyl (C=O) groups is 1. The van der Waals surface area contributed by atoms with Crippen LogP contribution in [0.3, 0.4) is 0 Å². The van der Waals surface area contributed by atoms with Gasteiger partial charge in [-0.1, -0.05) is 0 Å². The zero-order chi connectivity index (χ0) is 11.4. The number of likely N-dealkylation sites (tertiary alicyclic amines) is 1. The second-order valence-corrected chi connectivity index (χ2v) is 6.04. The molecule has 1 N–H and O–H groups in total. The summed E-state index contributed by atoms with van der Waals surface area (Å²) >= 11 is 1.93. The van der Waals surface area contributed by atoms with Gasteiger partial charge in [-0.05, 0) is 44.5 Å². The van der Waals surface area contributed by atoms with Gasteiger partial charge in [0.25, 0.3) is 0 Å². The second kappa shape index (κ2) is 5.92. The van der Waals surface area contributed by atoms with Crippen molar-refractivity contribution in [1.82, 2.24) is 10.2 Å². The number of hydrogen-bond acceptors (Lipinski definition) is 3. The van der Waals surface area contributed by atoms with Gasteiger partial charge in [0.1, 0.15) is 0 Å². The van der Waals surface area contributed by atoms with E-state index >= 15 is 0 Å². The minimum absolute atomic E-state index is 0.325. The highest BCUT2D eigenvalue weighted by atomic mass is 32.2. The molecule has 0 aliphatic carbocycles. The Morgan fingerprint density at radius 3 is 2.69 bits per heavy atom. The minimum Gasteiger partial charge on any atom is -0.342 e. The lowest BCUT2D eigenvalue weighted by Crippen LogP contribution is -2.43. The third-order valence-corrected chi connectivity index (χ3v) is 4.86. The molecule has 2 heterocycles. The van der Waals surface area contributed by atoms with Gasteiger partial charge in [0.05, 0.1) is 0 Å². The van der Waals surface area contributed by atoms with Crippen molar-refractivity contribution in [1.29, 1.82) is 0 Å². The molecule has 2 aliphatic rings.